The van der Waals surface area contributed by atoms with Crippen LogP contribution in [0.4, 0.5) is 11.8 Å². The van der Waals surface area contributed by atoms with E-state index in [-0.39, 0.29) is 12.3 Å². The lowest BCUT2D eigenvalue weighted by molar-refractivity contribution is 0.0518. The summed E-state index contributed by atoms with van der Waals surface area (Å²) in [7, 11) is 1.63. The molecule has 0 saturated heterocycles. The number of ether oxygens (including phenoxy) is 2. The van der Waals surface area contributed by atoms with Crippen LogP contribution in [-0.4, -0.2) is 44.5 Å². The van der Waals surface area contributed by atoms with Gasteiger partial charge < -0.3 is 14.8 Å². The summed E-state index contributed by atoms with van der Waals surface area (Å²) in [5.74, 6) is 1.10. The number of aromatic nitrogens is 5. The number of rotatable bonds is 6. The van der Waals surface area contributed by atoms with Crippen LogP contribution < -0.4 is 10.1 Å². The van der Waals surface area contributed by atoms with E-state index in [9.17, 15) is 4.79 Å². The molecule has 1 aromatic carbocycles. The van der Waals surface area contributed by atoms with E-state index in [1.807, 2.05) is 29.6 Å². The van der Waals surface area contributed by atoms with Gasteiger partial charge in [-0.25, -0.2) is 9.31 Å². The van der Waals surface area contributed by atoms with E-state index < -0.39 is 5.97 Å². The second-order valence-corrected chi connectivity index (χ2v) is 6.47. The molecule has 4 rings (SSSR count). The largest absolute Gasteiger partial charge is 0.497 e. The van der Waals surface area contributed by atoms with Crippen molar-refractivity contribution in [2.45, 2.75) is 6.92 Å². The minimum atomic E-state index is -0.508. The highest BCUT2D eigenvalue weighted by Crippen LogP contribution is 2.27. The molecule has 0 fully saturated rings. The third-order valence-electron chi connectivity index (χ3n) is 3.86. The number of carbonyl (C=O) groups is 1. The van der Waals surface area contributed by atoms with Gasteiger partial charge in [0.05, 0.1) is 19.4 Å². The molecule has 0 spiro atoms. The molecule has 0 aliphatic rings. The maximum atomic E-state index is 11.6. The predicted octanol–water partition coefficient (Wildman–Crippen LogP) is 3.18. The van der Waals surface area contributed by atoms with E-state index in [1.165, 1.54) is 17.4 Å². The van der Waals surface area contributed by atoms with Gasteiger partial charge in [-0.3, -0.25) is 0 Å². The van der Waals surface area contributed by atoms with Gasteiger partial charge in [0, 0.05) is 10.9 Å². The van der Waals surface area contributed by atoms with Crippen molar-refractivity contribution in [2.75, 3.05) is 19.0 Å². The first-order valence-electron chi connectivity index (χ1n) is 8.44. The lowest BCUT2D eigenvalue weighted by atomic mass is 10.2. The quantitative estimate of drug-likeness (QED) is 0.496. The van der Waals surface area contributed by atoms with Crippen LogP contribution in [0.25, 0.3) is 16.2 Å². The number of nitrogens with one attached hydrogen (secondary N) is 1. The summed E-state index contributed by atoms with van der Waals surface area (Å²) in [4.78, 5) is 16.8. The average Bonchev–Trinajstić information content (AvgIpc) is 3.29. The first kappa shape index (κ1) is 17.9. The number of benzene rings is 1. The molecule has 0 aliphatic carbocycles. The van der Waals surface area contributed by atoms with Crippen molar-refractivity contribution in [3.8, 4) is 17.0 Å². The third-order valence-corrected chi connectivity index (χ3v) is 4.67. The standard InChI is InChI=1S/C18H16N6O3S/c1-3-27-16(25)13-8-9-15(22-21-13)19-17-20-18-24(23-17)14(10-28-18)11-4-6-12(26-2)7-5-11/h4-10H,3H2,1-2H3,(H,19,22,23). The van der Waals surface area contributed by atoms with Crippen molar-refractivity contribution in [1.29, 1.82) is 0 Å². The van der Waals surface area contributed by atoms with Crippen LogP contribution in [0.5, 0.6) is 5.75 Å². The molecule has 0 aliphatic heterocycles. The minimum absolute atomic E-state index is 0.146. The zero-order valence-electron chi connectivity index (χ0n) is 15.1. The Bertz CT molecular complexity index is 1100. The second-order valence-electron chi connectivity index (χ2n) is 5.63. The fourth-order valence-corrected chi connectivity index (χ4v) is 3.35. The van der Waals surface area contributed by atoms with Crippen LogP contribution >= 0.6 is 11.3 Å². The van der Waals surface area contributed by atoms with Gasteiger partial charge in [-0.1, -0.05) is 0 Å². The van der Waals surface area contributed by atoms with Crippen molar-refractivity contribution in [3.63, 3.8) is 0 Å². The smallest absolute Gasteiger partial charge is 0.358 e. The van der Waals surface area contributed by atoms with Gasteiger partial charge in [-0.05, 0) is 43.3 Å². The summed E-state index contributed by atoms with van der Waals surface area (Å²) < 4.78 is 11.8. The molecule has 0 bridgehead atoms. The zero-order valence-corrected chi connectivity index (χ0v) is 15.9. The van der Waals surface area contributed by atoms with Crippen LogP contribution in [0.15, 0.2) is 41.8 Å². The number of hydrogen-bond acceptors (Lipinski definition) is 9. The fraction of sp³-hybridized carbons (Fsp3) is 0.167. The van der Waals surface area contributed by atoms with E-state index in [2.05, 4.69) is 25.6 Å². The van der Waals surface area contributed by atoms with Crippen LogP contribution in [0.3, 0.4) is 0 Å². The summed E-state index contributed by atoms with van der Waals surface area (Å²) >= 11 is 1.48. The molecule has 0 amide bonds. The molecule has 0 atom stereocenters. The Morgan fingerprint density at radius 1 is 1.18 bits per heavy atom. The second kappa shape index (κ2) is 7.61. The predicted molar refractivity (Wildman–Crippen MR) is 104 cm³/mol. The maximum absolute atomic E-state index is 11.6. The van der Waals surface area contributed by atoms with E-state index >= 15 is 0 Å². The van der Waals surface area contributed by atoms with Gasteiger partial charge in [0.2, 0.25) is 10.9 Å². The molecule has 3 aromatic heterocycles. The topological polar surface area (TPSA) is 104 Å². The molecule has 9 nitrogen and oxygen atoms in total. The highest BCUT2D eigenvalue weighted by atomic mass is 32.1. The molecular formula is C18H16N6O3S. The Hall–Kier alpha value is -3.53. The molecule has 0 radical (unpaired) electrons. The van der Waals surface area contributed by atoms with Gasteiger partial charge in [-0.2, -0.15) is 4.98 Å². The summed E-state index contributed by atoms with van der Waals surface area (Å²) in [6.45, 7) is 2.02. The molecular weight excluding hydrogens is 380 g/mol. The Labute approximate surface area is 164 Å². The van der Waals surface area contributed by atoms with Crippen molar-refractivity contribution in [1.82, 2.24) is 24.8 Å². The highest BCUT2D eigenvalue weighted by molar-refractivity contribution is 7.15. The highest BCUT2D eigenvalue weighted by Gasteiger charge is 2.13. The monoisotopic (exact) mass is 396 g/mol. The van der Waals surface area contributed by atoms with Crippen LogP contribution in [-0.2, 0) is 4.74 Å². The van der Waals surface area contributed by atoms with E-state index in [4.69, 9.17) is 9.47 Å². The number of esters is 1. The number of thiazole rings is 1. The number of nitrogens with zero attached hydrogens (tertiary/aromatic N) is 5. The van der Waals surface area contributed by atoms with E-state index in [0.29, 0.717) is 11.8 Å². The first-order valence-corrected chi connectivity index (χ1v) is 9.32. The lowest BCUT2D eigenvalue weighted by Crippen LogP contribution is -2.08. The Kier molecular flexibility index (Phi) is 4.85. The molecule has 1 N–H and O–H groups in total. The Balaban J connectivity index is 1.55. The Morgan fingerprint density at radius 3 is 2.68 bits per heavy atom. The fourth-order valence-electron chi connectivity index (χ4n) is 2.52. The molecule has 142 valence electrons. The van der Waals surface area contributed by atoms with Gasteiger partial charge in [-0.15, -0.1) is 26.6 Å². The zero-order chi connectivity index (χ0) is 19.5. The number of hydrogen-bond donors (Lipinski definition) is 1. The summed E-state index contributed by atoms with van der Waals surface area (Å²) in [6.07, 6.45) is 0. The number of carbonyl (C=O) groups excluding carboxylic acids is 1. The lowest BCUT2D eigenvalue weighted by Gasteiger charge is -2.03. The van der Waals surface area contributed by atoms with Crippen molar-refractivity contribution >= 4 is 34.0 Å². The molecule has 10 heteroatoms. The number of anilines is 2. The van der Waals surface area contributed by atoms with E-state index in [0.717, 1.165) is 22.0 Å². The summed E-state index contributed by atoms with van der Waals surface area (Å²) in [5.41, 5.74) is 2.07. The Morgan fingerprint density at radius 2 is 2.00 bits per heavy atom. The third kappa shape index (κ3) is 3.49. The SMILES string of the molecule is CCOC(=O)c1ccc(Nc2nc3scc(-c4ccc(OC)cc4)n3n2)nn1. The molecule has 28 heavy (non-hydrogen) atoms. The van der Waals surface area contributed by atoms with Crippen molar-refractivity contribution in [3.05, 3.63) is 47.5 Å². The van der Waals surface area contributed by atoms with Gasteiger partial charge >= 0.3 is 5.97 Å². The van der Waals surface area contributed by atoms with Crippen molar-refractivity contribution < 1.29 is 14.3 Å². The molecule has 0 saturated carbocycles. The minimum Gasteiger partial charge on any atom is -0.497 e. The maximum Gasteiger partial charge on any atom is 0.358 e. The summed E-state index contributed by atoms with van der Waals surface area (Å²) in [6, 6.07) is 10.9. The molecule has 3 heterocycles. The van der Waals surface area contributed by atoms with Gasteiger partial charge in [0.1, 0.15) is 5.75 Å². The number of fused-ring (bicyclic) bond motifs is 1. The van der Waals surface area contributed by atoms with E-state index in [1.54, 1.807) is 24.6 Å². The van der Waals surface area contributed by atoms with Gasteiger partial charge in [0.15, 0.2) is 11.5 Å². The van der Waals surface area contributed by atoms with Crippen LogP contribution in [0.2, 0.25) is 0 Å². The normalized spacial score (nSPS) is 10.8. The average molecular weight is 396 g/mol. The van der Waals surface area contributed by atoms with Gasteiger partial charge in [0.25, 0.3) is 0 Å². The molecule has 4 aromatic rings. The van der Waals surface area contributed by atoms with Crippen molar-refractivity contribution in [2.24, 2.45) is 0 Å². The molecule has 0 unspecified atom stereocenters. The number of methoxy groups -OCH3 is 1. The summed E-state index contributed by atoms with van der Waals surface area (Å²) in [5, 5.41) is 17.3. The van der Waals surface area contributed by atoms with Crippen LogP contribution in [0, 0.1) is 0 Å². The first-order chi connectivity index (χ1) is 13.7. The van der Waals surface area contributed by atoms with Crippen LogP contribution in [0.1, 0.15) is 17.4 Å².